The number of thiophene rings is 3. The van der Waals surface area contributed by atoms with E-state index in [9.17, 15) is 19.2 Å². The zero-order valence-electron chi connectivity index (χ0n) is 40.4. The lowest BCUT2D eigenvalue weighted by atomic mass is 9.93. The largest absolute Gasteiger partial charge is 0.383 e. The Morgan fingerprint density at radius 2 is 1.24 bits per heavy atom. The summed E-state index contributed by atoms with van der Waals surface area (Å²) in [6.45, 7) is 11.4. The number of anilines is 3. The molecule has 6 aromatic heterocycles. The summed E-state index contributed by atoms with van der Waals surface area (Å²) >= 11 is 4.12. The van der Waals surface area contributed by atoms with Crippen LogP contribution in [0.1, 0.15) is 80.0 Å². The fourth-order valence-corrected chi connectivity index (χ4v) is 13.8. The first-order valence-corrected chi connectivity index (χ1v) is 27.1. The van der Waals surface area contributed by atoms with Crippen molar-refractivity contribution < 1.29 is 33.0 Å². The first kappa shape index (κ1) is 48.9. The normalized spacial score (nSPS) is 18.9. The monoisotopic (exact) mass is 1030 g/mol. The van der Waals surface area contributed by atoms with Crippen LogP contribution >= 0.6 is 34.0 Å². The van der Waals surface area contributed by atoms with Gasteiger partial charge in [-0.1, -0.05) is 0 Å². The van der Waals surface area contributed by atoms with Gasteiger partial charge in [0.15, 0.2) is 17.1 Å². The Hall–Kier alpha value is -5.72. The van der Waals surface area contributed by atoms with Crippen LogP contribution in [0.4, 0.5) is 17.5 Å². The van der Waals surface area contributed by atoms with Gasteiger partial charge in [-0.15, -0.1) is 34.0 Å². The molecule has 1 atom stereocenters. The molecule has 10 rings (SSSR count). The fourth-order valence-electron chi connectivity index (χ4n) is 10.8. The number of fused-ring (bicyclic) bond motifs is 3. The molecule has 20 nitrogen and oxygen atoms in total. The summed E-state index contributed by atoms with van der Waals surface area (Å²) in [6.07, 6.45) is 11.8. The van der Waals surface area contributed by atoms with Crippen LogP contribution in [0.2, 0.25) is 0 Å². The number of likely N-dealkylation sites (tertiary alicyclic amines) is 1. The van der Waals surface area contributed by atoms with Gasteiger partial charge in [-0.3, -0.25) is 29.0 Å². The van der Waals surface area contributed by atoms with Crippen molar-refractivity contribution in [3.63, 3.8) is 0 Å². The molecular formula is C48H63N15O5S3+2. The lowest BCUT2D eigenvalue weighted by Gasteiger charge is -2.33. The summed E-state index contributed by atoms with van der Waals surface area (Å²) in [6, 6.07) is 5.07. The maximum atomic E-state index is 14.1. The van der Waals surface area contributed by atoms with Crippen LogP contribution in [-0.4, -0.2) is 158 Å². The average molecular weight is 1030 g/mol. The highest BCUT2D eigenvalue weighted by Gasteiger charge is 2.39. The van der Waals surface area contributed by atoms with Crippen molar-refractivity contribution in [3.8, 4) is 0 Å². The van der Waals surface area contributed by atoms with E-state index in [1.54, 1.807) is 25.8 Å². The van der Waals surface area contributed by atoms with E-state index in [-0.39, 0.29) is 5.91 Å². The summed E-state index contributed by atoms with van der Waals surface area (Å²) in [7, 11) is 3.86. The minimum absolute atomic E-state index is 0.0809. The standard InChI is InChI=1S/C48H61N15O5S3/c1-56(29-62-27-54-46(40-34(62)24-37(70-40)43(50)65)60-19-17-57(18-20-60)21-22-68-2)10-3-30-4-13-59(14-5-30)47-41-35(25-38(71-41)44(51)66)63(28-55-47)33-9-16-61(48(33)67)15-8-31-6-11-58(12-7-31)45-39-32(52-26-53-45)23-36(69-39)42(49)64/h23-28,30-31,33H,3-22,29H2,1-2H3,(H4-2,49,50,51,64,65,66)/p+2. The molecule has 0 aliphatic carbocycles. The molecule has 0 radical (unpaired) electrons. The molecule has 10 heterocycles. The first-order chi connectivity index (χ1) is 34.4. The van der Waals surface area contributed by atoms with Crippen LogP contribution < -0.4 is 41.0 Å². The van der Waals surface area contributed by atoms with Gasteiger partial charge in [0.1, 0.15) is 28.2 Å². The molecule has 4 amide bonds. The van der Waals surface area contributed by atoms with Crippen LogP contribution in [-0.2, 0) is 16.2 Å². The van der Waals surface area contributed by atoms with Crippen molar-refractivity contribution in [3.05, 3.63) is 51.8 Å². The van der Waals surface area contributed by atoms with Crippen LogP contribution in [0.25, 0.3) is 30.6 Å². The maximum absolute atomic E-state index is 14.1. The van der Waals surface area contributed by atoms with E-state index in [4.69, 9.17) is 31.9 Å². The van der Waals surface area contributed by atoms with Gasteiger partial charge >= 0.3 is 0 Å². The van der Waals surface area contributed by atoms with E-state index in [0.717, 1.165) is 152 Å². The molecule has 376 valence electrons. The molecule has 6 N–H and O–H groups in total. The number of piperidine rings is 2. The third-order valence-electron chi connectivity index (χ3n) is 14.9. The molecular weight excluding hydrogens is 963 g/mol. The molecule has 4 fully saturated rings. The number of carbonyl (C=O) groups is 4. The number of ether oxygens (including phenoxy) is 1. The molecule has 0 aromatic carbocycles. The van der Waals surface area contributed by atoms with Gasteiger partial charge < -0.3 is 41.5 Å². The smallest absolute Gasteiger partial charge is 0.290 e. The van der Waals surface area contributed by atoms with E-state index >= 15 is 0 Å². The Morgan fingerprint density at radius 1 is 0.676 bits per heavy atom. The minimum Gasteiger partial charge on any atom is -0.383 e. The zero-order valence-corrected chi connectivity index (χ0v) is 42.9. The highest BCUT2D eigenvalue weighted by molar-refractivity contribution is 7.22. The summed E-state index contributed by atoms with van der Waals surface area (Å²) in [5.41, 5.74) is 19.7. The van der Waals surface area contributed by atoms with E-state index in [2.05, 4.69) is 46.1 Å². The maximum Gasteiger partial charge on any atom is 0.290 e. The number of nitrogens with zero attached hydrogens (tertiary/aromatic N) is 12. The number of rotatable bonds is 18. The Labute approximate surface area is 424 Å². The summed E-state index contributed by atoms with van der Waals surface area (Å²) in [4.78, 5) is 84.8. The van der Waals surface area contributed by atoms with E-state index in [1.165, 1.54) is 34.0 Å². The van der Waals surface area contributed by atoms with Gasteiger partial charge in [0.25, 0.3) is 47.9 Å². The number of methoxy groups -OCH3 is 1. The second-order valence-corrected chi connectivity index (χ2v) is 22.5. The van der Waals surface area contributed by atoms with Gasteiger partial charge in [0.05, 0.1) is 31.5 Å². The Balaban J connectivity index is 0.731. The summed E-state index contributed by atoms with van der Waals surface area (Å²) < 4.78 is 12.1. The molecule has 23 heteroatoms. The van der Waals surface area contributed by atoms with Crippen molar-refractivity contribution >= 4 is 106 Å². The van der Waals surface area contributed by atoms with E-state index in [0.29, 0.717) is 59.3 Å². The third-order valence-corrected chi connectivity index (χ3v) is 18.3. The van der Waals surface area contributed by atoms with Gasteiger partial charge in [-0.05, 0) is 73.4 Å². The topological polar surface area (TPSA) is 234 Å². The molecule has 4 saturated heterocycles. The van der Waals surface area contributed by atoms with Crippen molar-refractivity contribution in [1.29, 1.82) is 0 Å². The first-order valence-electron chi connectivity index (χ1n) is 24.7. The third kappa shape index (κ3) is 10.3. The van der Waals surface area contributed by atoms with E-state index < -0.39 is 23.8 Å². The molecule has 4 aliphatic rings. The predicted octanol–water partition coefficient (Wildman–Crippen LogP) is 2.83. The number of aromatic nitrogens is 6. The number of amides is 4. The number of hydrogen-bond acceptors (Lipinski definition) is 17. The minimum atomic E-state index is -0.489. The number of hydrogen-bond donors (Lipinski definition) is 3. The molecule has 0 bridgehead atoms. The fraction of sp³-hybridized carbons (Fsp3) is 0.542. The molecule has 6 aromatic rings. The highest BCUT2D eigenvalue weighted by Crippen LogP contribution is 2.37. The molecule has 0 spiro atoms. The summed E-state index contributed by atoms with van der Waals surface area (Å²) in [5, 5.41) is 0. The van der Waals surface area contributed by atoms with Crippen molar-refractivity contribution in [2.24, 2.45) is 29.0 Å². The van der Waals surface area contributed by atoms with Gasteiger partial charge in [0.2, 0.25) is 0 Å². The molecule has 1 unspecified atom stereocenters. The second-order valence-electron chi connectivity index (χ2n) is 19.4. The number of carbonyl (C=O) groups excluding carboxylic acids is 4. The quantitative estimate of drug-likeness (QED) is 0.105. The highest BCUT2D eigenvalue weighted by atomic mass is 32.1. The van der Waals surface area contributed by atoms with Crippen molar-refractivity contribution in [2.45, 2.75) is 57.7 Å². The average Bonchev–Trinajstić information content (AvgIpc) is 4.21. The number of nitrogens with two attached hydrogens (primary N) is 3. The SMILES string of the molecule is COCCN1CCN(c2nc[n+](CN(C)CCC3CCN(c4nc[n+](C5CCN(CCC6CCN(c7ncnc8cc(C(N)=O)sc78)CC6)C5=O)c5cc(C(N)=O)sc45)CC3)c3cc(C(N)=O)sc23)CC1. The van der Waals surface area contributed by atoms with Crippen LogP contribution in [0.5, 0.6) is 0 Å². The van der Waals surface area contributed by atoms with E-state index in [1.807, 2.05) is 27.9 Å². The van der Waals surface area contributed by atoms with Crippen molar-refractivity contribution in [2.75, 3.05) is 114 Å². The van der Waals surface area contributed by atoms with Gasteiger partial charge in [-0.25, -0.2) is 19.1 Å². The molecule has 0 saturated carbocycles. The summed E-state index contributed by atoms with van der Waals surface area (Å²) in [5.74, 6) is 2.29. The van der Waals surface area contributed by atoms with Gasteiger partial charge in [0, 0.05) is 104 Å². The molecule has 71 heavy (non-hydrogen) atoms. The number of piperazine rings is 1. The Kier molecular flexibility index (Phi) is 14.6. The van der Waals surface area contributed by atoms with Crippen LogP contribution in [0, 0.1) is 11.8 Å². The van der Waals surface area contributed by atoms with Crippen LogP contribution in [0.3, 0.4) is 0 Å². The lowest BCUT2D eigenvalue weighted by molar-refractivity contribution is -0.692. The Morgan fingerprint density at radius 3 is 1.89 bits per heavy atom. The van der Waals surface area contributed by atoms with Gasteiger partial charge in [-0.2, -0.15) is 0 Å². The Bertz CT molecular complexity index is 2940. The lowest BCUT2D eigenvalue weighted by Crippen LogP contribution is -2.48. The predicted molar refractivity (Wildman–Crippen MR) is 275 cm³/mol. The van der Waals surface area contributed by atoms with Crippen LogP contribution in [0.15, 0.2) is 37.2 Å². The second kappa shape index (κ2) is 21.2. The zero-order chi connectivity index (χ0) is 49.3. The number of primary amides is 3. The van der Waals surface area contributed by atoms with Crippen molar-refractivity contribution in [1.82, 2.24) is 34.6 Å². The molecule has 4 aliphatic heterocycles.